The second-order valence-electron chi connectivity index (χ2n) is 6.49. The highest BCUT2D eigenvalue weighted by Gasteiger charge is 2.38. The molecule has 0 aromatic heterocycles. The molecule has 0 aliphatic carbocycles. The maximum atomic E-state index is 12.6. The monoisotopic (exact) mass is 430 g/mol. The lowest BCUT2D eigenvalue weighted by Gasteiger charge is -2.24. The first-order chi connectivity index (χ1) is 14.0. The van der Waals surface area contributed by atoms with Gasteiger partial charge in [0.05, 0.1) is 18.8 Å². The minimum absolute atomic E-state index is 0.276. The summed E-state index contributed by atoms with van der Waals surface area (Å²) in [7, 11) is -2.06. The van der Waals surface area contributed by atoms with Crippen molar-refractivity contribution in [3.8, 4) is 17.2 Å². The Morgan fingerprint density at radius 3 is 2.28 bits per heavy atom. The molecule has 0 bridgehead atoms. The van der Waals surface area contributed by atoms with E-state index in [1.54, 1.807) is 55.6 Å². The van der Waals surface area contributed by atoms with Crippen LogP contribution in [0.1, 0.15) is 11.6 Å². The van der Waals surface area contributed by atoms with Crippen molar-refractivity contribution in [2.75, 3.05) is 18.0 Å². The van der Waals surface area contributed by atoms with Gasteiger partial charge in [-0.25, -0.2) is 4.31 Å². The molecule has 150 valence electrons. The van der Waals surface area contributed by atoms with Gasteiger partial charge in [-0.2, -0.15) is 13.1 Å². The topological polar surface area (TPSA) is 67.9 Å². The Bertz CT molecular complexity index is 1100. The van der Waals surface area contributed by atoms with Crippen LogP contribution in [-0.4, -0.2) is 22.1 Å². The Morgan fingerprint density at radius 1 is 0.966 bits per heavy atom. The van der Waals surface area contributed by atoms with Crippen LogP contribution in [-0.2, 0) is 10.2 Å². The maximum absolute atomic E-state index is 12.6. The molecule has 1 saturated heterocycles. The zero-order valence-corrected chi connectivity index (χ0v) is 17.2. The normalized spacial score (nSPS) is 17.9. The average Bonchev–Trinajstić information content (AvgIpc) is 3.05. The average molecular weight is 431 g/mol. The van der Waals surface area contributed by atoms with Crippen LogP contribution < -0.4 is 18.5 Å². The van der Waals surface area contributed by atoms with Gasteiger partial charge in [-0.05, 0) is 66.2 Å². The highest BCUT2D eigenvalue weighted by atomic mass is 35.5. The molecule has 1 heterocycles. The lowest BCUT2D eigenvalue weighted by atomic mass is 10.1. The number of hydrogen-bond acceptors (Lipinski definition) is 4. The van der Waals surface area contributed by atoms with Crippen LogP contribution in [0.15, 0.2) is 72.8 Å². The fourth-order valence-electron chi connectivity index (χ4n) is 3.22. The predicted octanol–water partition coefficient (Wildman–Crippen LogP) is 4.54. The Balaban J connectivity index is 1.61. The fourth-order valence-corrected chi connectivity index (χ4v) is 4.79. The van der Waals surface area contributed by atoms with Crippen LogP contribution in [0.4, 0.5) is 5.69 Å². The first-order valence-corrected chi connectivity index (χ1v) is 10.7. The molecule has 6 nitrogen and oxygen atoms in total. The van der Waals surface area contributed by atoms with E-state index in [2.05, 4.69) is 4.72 Å². The first-order valence-electron chi connectivity index (χ1n) is 8.93. The molecule has 3 aromatic carbocycles. The van der Waals surface area contributed by atoms with E-state index in [1.807, 2.05) is 24.3 Å². The molecule has 0 amide bonds. The SMILES string of the molecule is COc1cccc([C@H]2CNS(=O)(=O)N2c2ccc(Oc3ccc(Cl)cc3)cc2)c1. The van der Waals surface area contributed by atoms with E-state index in [1.165, 1.54) is 4.31 Å². The highest BCUT2D eigenvalue weighted by Crippen LogP contribution is 2.36. The minimum atomic E-state index is -3.65. The molecule has 1 aliphatic heterocycles. The van der Waals surface area contributed by atoms with E-state index in [-0.39, 0.29) is 12.6 Å². The van der Waals surface area contributed by atoms with Crippen molar-refractivity contribution in [2.24, 2.45) is 0 Å². The van der Waals surface area contributed by atoms with E-state index in [0.29, 0.717) is 28.0 Å². The summed E-state index contributed by atoms with van der Waals surface area (Å²) in [5, 5.41) is 0.628. The standard InChI is InChI=1S/C21H19ClN2O4S/c1-27-20-4-2-3-15(13-20)21-14-23-29(25,26)24(21)17-7-11-19(12-8-17)28-18-9-5-16(22)6-10-18/h2-13,21,23H,14H2,1H3/t21-/m1/s1. The molecule has 0 radical (unpaired) electrons. The van der Waals surface area contributed by atoms with Crippen LogP contribution >= 0.6 is 11.6 Å². The Labute approximate surface area is 174 Å². The molecule has 1 aliphatic rings. The number of rotatable bonds is 5. The number of nitrogens with zero attached hydrogens (tertiary/aromatic N) is 1. The van der Waals surface area contributed by atoms with Crippen LogP contribution in [0.2, 0.25) is 5.02 Å². The van der Waals surface area contributed by atoms with Crippen LogP contribution in [0.25, 0.3) is 0 Å². The molecule has 8 heteroatoms. The van der Waals surface area contributed by atoms with Crippen molar-refractivity contribution in [2.45, 2.75) is 6.04 Å². The summed E-state index contributed by atoms with van der Waals surface area (Å²) in [6, 6.07) is 21.0. The molecule has 0 spiro atoms. The summed E-state index contributed by atoms with van der Waals surface area (Å²) in [6.45, 7) is 0.276. The van der Waals surface area contributed by atoms with Gasteiger partial charge in [0.25, 0.3) is 0 Å². The number of benzene rings is 3. The Hall–Kier alpha value is -2.74. The van der Waals surface area contributed by atoms with Crippen LogP contribution in [0.3, 0.4) is 0 Å². The van der Waals surface area contributed by atoms with E-state index in [0.717, 1.165) is 5.56 Å². The van der Waals surface area contributed by atoms with Crippen molar-refractivity contribution in [1.82, 2.24) is 4.72 Å². The predicted molar refractivity (Wildman–Crippen MR) is 113 cm³/mol. The summed E-state index contributed by atoms with van der Waals surface area (Å²) in [5.74, 6) is 1.92. The first kappa shape index (κ1) is 19.6. The molecular formula is C21H19ClN2O4S. The second kappa shape index (κ2) is 7.94. The van der Waals surface area contributed by atoms with Gasteiger partial charge < -0.3 is 9.47 Å². The third-order valence-corrected chi connectivity index (χ3v) is 6.39. The molecule has 1 atom stereocenters. The molecular weight excluding hydrogens is 412 g/mol. The lowest BCUT2D eigenvalue weighted by Crippen LogP contribution is -2.30. The minimum Gasteiger partial charge on any atom is -0.497 e. The zero-order chi connectivity index (χ0) is 20.4. The number of methoxy groups -OCH3 is 1. The molecule has 4 rings (SSSR count). The van der Waals surface area contributed by atoms with Crippen LogP contribution in [0.5, 0.6) is 17.2 Å². The lowest BCUT2D eigenvalue weighted by molar-refractivity contribution is 0.414. The fraction of sp³-hybridized carbons (Fsp3) is 0.143. The van der Waals surface area contributed by atoms with E-state index >= 15 is 0 Å². The van der Waals surface area contributed by atoms with E-state index in [4.69, 9.17) is 21.1 Å². The zero-order valence-electron chi connectivity index (χ0n) is 15.6. The quantitative estimate of drug-likeness (QED) is 0.645. The van der Waals surface area contributed by atoms with Gasteiger partial charge >= 0.3 is 10.2 Å². The smallest absolute Gasteiger partial charge is 0.302 e. The van der Waals surface area contributed by atoms with Gasteiger partial charge in [-0.15, -0.1) is 0 Å². The Kier molecular flexibility index (Phi) is 5.36. The number of nitrogens with one attached hydrogen (secondary N) is 1. The van der Waals surface area contributed by atoms with Crippen molar-refractivity contribution in [1.29, 1.82) is 0 Å². The van der Waals surface area contributed by atoms with Gasteiger partial charge in [-0.3, -0.25) is 0 Å². The maximum Gasteiger partial charge on any atom is 0.302 e. The molecule has 1 N–H and O–H groups in total. The molecule has 0 unspecified atom stereocenters. The van der Waals surface area contributed by atoms with Crippen molar-refractivity contribution < 1.29 is 17.9 Å². The highest BCUT2D eigenvalue weighted by molar-refractivity contribution is 7.91. The van der Waals surface area contributed by atoms with Gasteiger partial charge in [0.15, 0.2) is 0 Å². The third kappa shape index (κ3) is 4.17. The summed E-state index contributed by atoms with van der Waals surface area (Å²) < 4.78 is 40.3. The molecule has 3 aromatic rings. The van der Waals surface area contributed by atoms with Crippen LogP contribution in [0, 0.1) is 0 Å². The largest absolute Gasteiger partial charge is 0.497 e. The van der Waals surface area contributed by atoms with Gasteiger partial charge in [0.1, 0.15) is 17.2 Å². The van der Waals surface area contributed by atoms with Gasteiger partial charge in [0.2, 0.25) is 0 Å². The summed E-state index contributed by atoms with van der Waals surface area (Å²) >= 11 is 5.89. The summed E-state index contributed by atoms with van der Waals surface area (Å²) in [4.78, 5) is 0. The molecule has 29 heavy (non-hydrogen) atoms. The number of anilines is 1. The number of ether oxygens (including phenoxy) is 2. The van der Waals surface area contributed by atoms with Gasteiger partial charge in [-0.1, -0.05) is 23.7 Å². The van der Waals surface area contributed by atoms with Crippen molar-refractivity contribution >= 4 is 27.5 Å². The molecule has 1 fully saturated rings. The number of halogens is 1. The van der Waals surface area contributed by atoms with Gasteiger partial charge in [0, 0.05) is 11.6 Å². The molecule has 0 saturated carbocycles. The third-order valence-electron chi connectivity index (χ3n) is 4.62. The summed E-state index contributed by atoms with van der Waals surface area (Å²) in [6.07, 6.45) is 0. The number of hydrogen-bond donors (Lipinski definition) is 1. The van der Waals surface area contributed by atoms with Crippen molar-refractivity contribution in [3.05, 3.63) is 83.4 Å². The van der Waals surface area contributed by atoms with E-state index in [9.17, 15) is 8.42 Å². The van der Waals surface area contributed by atoms with Crippen molar-refractivity contribution in [3.63, 3.8) is 0 Å². The van der Waals surface area contributed by atoms with E-state index < -0.39 is 10.2 Å². The Morgan fingerprint density at radius 2 is 1.62 bits per heavy atom. The second-order valence-corrected chi connectivity index (χ2v) is 8.56. The summed E-state index contributed by atoms with van der Waals surface area (Å²) in [5.41, 5.74) is 1.39.